The average Bonchev–Trinajstić information content (AvgIpc) is 2.33. The maximum absolute atomic E-state index is 11.9. The molecule has 5 heteroatoms. The van der Waals surface area contributed by atoms with E-state index < -0.39 is 0 Å². The van der Waals surface area contributed by atoms with E-state index in [4.69, 9.17) is 9.84 Å². The van der Waals surface area contributed by atoms with E-state index in [-0.39, 0.29) is 53.6 Å². The molecule has 0 aliphatic rings. The molecule has 0 heterocycles. The van der Waals surface area contributed by atoms with Crippen LogP contribution in [0.5, 0.6) is 17.2 Å². The zero-order chi connectivity index (χ0) is 13.7. The second kappa shape index (κ2) is 6.26. The van der Waals surface area contributed by atoms with Crippen LogP contribution in [0.2, 0.25) is 0 Å². The molecule has 1 aromatic carbocycles. The summed E-state index contributed by atoms with van der Waals surface area (Å²) in [4.78, 5) is 11.9. The molecule has 0 spiro atoms. The molecule has 0 aromatic heterocycles. The highest BCUT2D eigenvalue weighted by Gasteiger charge is 2.22. The summed E-state index contributed by atoms with van der Waals surface area (Å²) in [5.41, 5.74) is 0.235. The van der Waals surface area contributed by atoms with Gasteiger partial charge in [-0.15, -0.1) is 0 Å². The van der Waals surface area contributed by atoms with Crippen molar-refractivity contribution in [2.24, 2.45) is 0 Å². The molecule has 0 unspecified atom stereocenters. The summed E-state index contributed by atoms with van der Waals surface area (Å²) in [5.74, 6) is -0.595. The van der Waals surface area contributed by atoms with Gasteiger partial charge in [-0.1, -0.05) is 6.92 Å². The van der Waals surface area contributed by atoms with Gasteiger partial charge in [0, 0.05) is 31.1 Å². The van der Waals surface area contributed by atoms with E-state index in [1.165, 1.54) is 13.2 Å². The Bertz CT molecular complexity index is 439. The summed E-state index contributed by atoms with van der Waals surface area (Å²) in [5, 5.41) is 28.6. The van der Waals surface area contributed by atoms with E-state index in [0.29, 0.717) is 6.42 Å². The molecule has 100 valence electrons. The molecule has 0 amide bonds. The fourth-order valence-electron chi connectivity index (χ4n) is 1.81. The van der Waals surface area contributed by atoms with Gasteiger partial charge >= 0.3 is 0 Å². The first-order valence-electron chi connectivity index (χ1n) is 5.82. The van der Waals surface area contributed by atoms with Crippen LogP contribution >= 0.6 is 0 Å². The van der Waals surface area contributed by atoms with Crippen molar-refractivity contribution in [1.29, 1.82) is 0 Å². The molecule has 1 rings (SSSR count). The fraction of sp³-hybridized carbons (Fsp3) is 0.462. The number of methoxy groups -OCH3 is 1. The summed E-state index contributed by atoms with van der Waals surface area (Å²) >= 11 is 0. The SMILES string of the molecule is CCCC(=O)c1c(OC)cc(O)c(CCO)c1O. The first-order chi connectivity index (χ1) is 8.56. The predicted molar refractivity (Wildman–Crippen MR) is 66.4 cm³/mol. The van der Waals surface area contributed by atoms with Crippen LogP contribution in [0, 0.1) is 0 Å². The van der Waals surface area contributed by atoms with Crippen LogP contribution in [0.1, 0.15) is 35.7 Å². The lowest BCUT2D eigenvalue weighted by molar-refractivity contribution is 0.0975. The highest BCUT2D eigenvalue weighted by atomic mass is 16.5. The molecule has 0 atom stereocenters. The minimum Gasteiger partial charge on any atom is -0.507 e. The molecule has 0 aliphatic carbocycles. The Balaban J connectivity index is 3.36. The number of benzene rings is 1. The van der Waals surface area contributed by atoms with Crippen molar-refractivity contribution in [3.8, 4) is 17.2 Å². The molecule has 1 aromatic rings. The Morgan fingerprint density at radius 3 is 2.56 bits per heavy atom. The number of aliphatic hydroxyl groups excluding tert-OH is 1. The van der Waals surface area contributed by atoms with E-state index in [1.54, 1.807) is 0 Å². The lowest BCUT2D eigenvalue weighted by Gasteiger charge is -2.14. The molecule has 3 N–H and O–H groups in total. The molecule has 0 saturated carbocycles. The average molecular weight is 254 g/mol. The van der Waals surface area contributed by atoms with Crippen molar-refractivity contribution in [3.63, 3.8) is 0 Å². The van der Waals surface area contributed by atoms with Gasteiger partial charge in [-0.05, 0) is 6.42 Å². The molecule has 0 bridgehead atoms. The number of ketones is 1. The van der Waals surface area contributed by atoms with Crippen LogP contribution in [-0.4, -0.2) is 34.8 Å². The van der Waals surface area contributed by atoms with Gasteiger partial charge in [0.2, 0.25) is 0 Å². The number of Topliss-reactive ketones (excluding diaryl/α,β-unsaturated/α-hetero) is 1. The molecular weight excluding hydrogens is 236 g/mol. The third kappa shape index (κ3) is 2.73. The van der Waals surface area contributed by atoms with Crippen molar-refractivity contribution < 1.29 is 24.9 Å². The molecule has 18 heavy (non-hydrogen) atoms. The Morgan fingerprint density at radius 1 is 1.39 bits per heavy atom. The third-order valence-corrected chi connectivity index (χ3v) is 2.68. The fourth-order valence-corrected chi connectivity index (χ4v) is 1.81. The Kier molecular flexibility index (Phi) is 4.97. The van der Waals surface area contributed by atoms with Crippen LogP contribution in [0.15, 0.2) is 6.07 Å². The molecule has 0 radical (unpaired) electrons. The van der Waals surface area contributed by atoms with Gasteiger partial charge in [-0.3, -0.25) is 4.79 Å². The highest BCUT2D eigenvalue weighted by molar-refractivity contribution is 6.02. The van der Waals surface area contributed by atoms with Gasteiger partial charge in [-0.2, -0.15) is 0 Å². The summed E-state index contributed by atoms with van der Waals surface area (Å²) in [7, 11) is 1.36. The number of hydrogen-bond acceptors (Lipinski definition) is 5. The topological polar surface area (TPSA) is 87.0 Å². The quantitative estimate of drug-likeness (QED) is 0.671. The van der Waals surface area contributed by atoms with Crippen molar-refractivity contribution >= 4 is 5.78 Å². The summed E-state index contributed by atoms with van der Waals surface area (Å²) in [6.07, 6.45) is 1.01. The van der Waals surface area contributed by atoms with Gasteiger partial charge in [0.1, 0.15) is 22.8 Å². The largest absolute Gasteiger partial charge is 0.507 e. The van der Waals surface area contributed by atoms with Crippen molar-refractivity contribution in [2.45, 2.75) is 26.2 Å². The maximum atomic E-state index is 11.9. The van der Waals surface area contributed by atoms with Gasteiger partial charge in [0.05, 0.1) is 7.11 Å². The van der Waals surface area contributed by atoms with E-state index >= 15 is 0 Å². The minimum atomic E-state index is -0.306. The number of rotatable bonds is 6. The molecule has 5 nitrogen and oxygen atoms in total. The van der Waals surface area contributed by atoms with Crippen molar-refractivity contribution in [2.75, 3.05) is 13.7 Å². The zero-order valence-electron chi connectivity index (χ0n) is 10.6. The zero-order valence-corrected chi connectivity index (χ0v) is 10.6. The third-order valence-electron chi connectivity index (χ3n) is 2.68. The number of carbonyl (C=O) groups is 1. The number of hydrogen-bond donors (Lipinski definition) is 3. The number of carbonyl (C=O) groups excluding carboxylic acids is 1. The number of phenols is 2. The second-order valence-corrected chi connectivity index (χ2v) is 3.95. The van der Waals surface area contributed by atoms with Crippen LogP contribution < -0.4 is 4.74 Å². The van der Waals surface area contributed by atoms with Gasteiger partial charge in [-0.25, -0.2) is 0 Å². The van der Waals surface area contributed by atoms with Crippen LogP contribution in [-0.2, 0) is 6.42 Å². The lowest BCUT2D eigenvalue weighted by atomic mass is 9.99. The predicted octanol–water partition coefficient (Wildman–Crippen LogP) is 1.62. The Morgan fingerprint density at radius 2 is 2.06 bits per heavy atom. The van der Waals surface area contributed by atoms with Crippen molar-refractivity contribution in [1.82, 2.24) is 0 Å². The number of phenolic OH excluding ortho intramolecular Hbond substituents is 2. The summed E-state index contributed by atoms with van der Waals surface area (Å²) in [6, 6.07) is 1.29. The van der Waals surface area contributed by atoms with Crippen LogP contribution in [0.3, 0.4) is 0 Å². The number of ether oxygens (including phenoxy) is 1. The molecular formula is C13H18O5. The standard InChI is InChI=1S/C13H18O5/c1-3-4-9(15)12-11(18-2)7-10(16)8(5-6-14)13(12)17/h7,14,16-17H,3-6H2,1-2H3. The highest BCUT2D eigenvalue weighted by Crippen LogP contribution is 2.38. The van der Waals surface area contributed by atoms with Gasteiger partial charge in [0.25, 0.3) is 0 Å². The maximum Gasteiger partial charge on any atom is 0.170 e. The summed E-state index contributed by atoms with van der Waals surface area (Å²) < 4.78 is 5.00. The molecule has 0 fully saturated rings. The minimum absolute atomic E-state index is 0.0700. The van der Waals surface area contributed by atoms with E-state index in [0.717, 1.165) is 0 Å². The normalized spacial score (nSPS) is 10.4. The van der Waals surface area contributed by atoms with Gasteiger partial charge in [0.15, 0.2) is 5.78 Å². The van der Waals surface area contributed by atoms with Gasteiger partial charge < -0.3 is 20.1 Å². The Labute approximate surface area is 106 Å². The number of aromatic hydroxyl groups is 2. The first-order valence-corrected chi connectivity index (χ1v) is 5.82. The Hall–Kier alpha value is -1.75. The lowest BCUT2D eigenvalue weighted by Crippen LogP contribution is -2.05. The van der Waals surface area contributed by atoms with Crippen molar-refractivity contribution in [3.05, 3.63) is 17.2 Å². The molecule has 0 saturated heterocycles. The summed E-state index contributed by atoms with van der Waals surface area (Å²) in [6.45, 7) is 1.63. The smallest absolute Gasteiger partial charge is 0.170 e. The first kappa shape index (κ1) is 14.3. The second-order valence-electron chi connectivity index (χ2n) is 3.95. The van der Waals surface area contributed by atoms with Crippen LogP contribution in [0.4, 0.5) is 0 Å². The van der Waals surface area contributed by atoms with E-state index in [1.807, 2.05) is 6.92 Å². The van der Waals surface area contributed by atoms with E-state index in [9.17, 15) is 15.0 Å². The van der Waals surface area contributed by atoms with E-state index in [2.05, 4.69) is 0 Å². The number of aliphatic hydroxyl groups is 1. The van der Waals surface area contributed by atoms with Crippen LogP contribution in [0.25, 0.3) is 0 Å². The molecule has 0 aliphatic heterocycles. The monoisotopic (exact) mass is 254 g/mol.